The van der Waals surface area contributed by atoms with Crippen LogP contribution in [0.3, 0.4) is 0 Å². The minimum Gasteiger partial charge on any atom is -0.461 e. The summed E-state index contributed by atoms with van der Waals surface area (Å²) >= 11 is 0. The zero-order valence-corrected chi connectivity index (χ0v) is 8.14. The summed E-state index contributed by atoms with van der Waals surface area (Å²) in [5, 5.41) is 8.60. The van der Waals surface area contributed by atoms with Crippen LogP contribution in [-0.4, -0.2) is 33.8 Å². The van der Waals surface area contributed by atoms with E-state index in [0.717, 1.165) is 0 Å². The Morgan fingerprint density at radius 2 is 2.50 bits per heavy atom. The Morgan fingerprint density at radius 3 is 3.14 bits per heavy atom. The van der Waals surface area contributed by atoms with Crippen molar-refractivity contribution < 1.29 is 14.6 Å². The van der Waals surface area contributed by atoms with Crippen molar-refractivity contribution in [3.63, 3.8) is 0 Å². The summed E-state index contributed by atoms with van der Waals surface area (Å²) in [6, 6.07) is 0. The highest BCUT2D eigenvalue weighted by Crippen LogP contribution is 1.99. The highest BCUT2D eigenvalue weighted by Gasteiger charge is 2.09. The normalized spacial score (nSPS) is 10.1. The number of aliphatic hydroxyl groups excluding tert-OH is 1. The molecule has 0 spiro atoms. The number of imidazole rings is 1. The second-order valence-electron chi connectivity index (χ2n) is 2.79. The fraction of sp³-hybridized carbons (Fsp3) is 0.556. The van der Waals surface area contributed by atoms with E-state index in [1.165, 1.54) is 0 Å². The van der Waals surface area contributed by atoms with E-state index >= 15 is 0 Å². The Kier molecular flexibility index (Phi) is 4.12. The minimum absolute atomic E-state index is 0.132. The predicted molar refractivity (Wildman–Crippen MR) is 49.9 cm³/mol. The van der Waals surface area contributed by atoms with E-state index in [1.807, 2.05) is 0 Å². The van der Waals surface area contributed by atoms with Gasteiger partial charge in [0.15, 0.2) is 5.69 Å². The Balaban J connectivity index is 2.54. The Morgan fingerprint density at radius 1 is 1.71 bits per heavy atom. The third-order valence-electron chi connectivity index (χ3n) is 1.69. The molecule has 0 saturated heterocycles. The van der Waals surface area contributed by atoms with E-state index in [4.69, 9.17) is 9.84 Å². The number of aryl methyl sites for hydroxylation is 1. The van der Waals surface area contributed by atoms with Crippen LogP contribution in [0.1, 0.15) is 23.8 Å². The van der Waals surface area contributed by atoms with Gasteiger partial charge in [0.2, 0.25) is 0 Å². The van der Waals surface area contributed by atoms with Gasteiger partial charge in [-0.3, -0.25) is 0 Å². The molecule has 0 radical (unpaired) electrons. The maximum Gasteiger partial charge on any atom is 0.358 e. The summed E-state index contributed by atoms with van der Waals surface area (Å²) < 4.78 is 6.53. The zero-order valence-electron chi connectivity index (χ0n) is 8.14. The highest BCUT2D eigenvalue weighted by molar-refractivity contribution is 5.86. The molecule has 5 heteroatoms. The van der Waals surface area contributed by atoms with Gasteiger partial charge in [0.25, 0.3) is 0 Å². The number of hydrogen-bond donors (Lipinski definition) is 1. The van der Waals surface area contributed by atoms with Crippen LogP contribution in [0.5, 0.6) is 0 Å². The Labute approximate surface area is 82.3 Å². The highest BCUT2D eigenvalue weighted by atomic mass is 16.5. The van der Waals surface area contributed by atoms with Crippen LogP contribution in [0, 0.1) is 0 Å². The summed E-state index contributed by atoms with van der Waals surface area (Å²) in [5.41, 5.74) is 0.310. The van der Waals surface area contributed by atoms with Gasteiger partial charge in [-0.05, 0) is 13.3 Å². The van der Waals surface area contributed by atoms with Gasteiger partial charge in [0, 0.05) is 19.3 Å². The number of esters is 1. The lowest BCUT2D eigenvalue weighted by atomic mass is 10.4. The first-order valence-electron chi connectivity index (χ1n) is 4.57. The number of hydrogen-bond acceptors (Lipinski definition) is 4. The maximum atomic E-state index is 11.2. The molecule has 0 fully saturated rings. The average Bonchev–Trinajstić information content (AvgIpc) is 2.63. The molecule has 0 amide bonds. The van der Waals surface area contributed by atoms with Gasteiger partial charge in [0.05, 0.1) is 12.9 Å². The fourth-order valence-corrected chi connectivity index (χ4v) is 1.05. The van der Waals surface area contributed by atoms with Crippen LogP contribution in [0.4, 0.5) is 0 Å². The van der Waals surface area contributed by atoms with Gasteiger partial charge < -0.3 is 14.4 Å². The molecule has 0 aromatic carbocycles. The van der Waals surface area contributed by atoms with Crippen molar-refractivity contribution in [1.82, 2.24) is 9.55 Å². The Hall–Kier alpha value is -1.36. The molecule has 0 aliphatic heterocycles. The van der Waals surface area contributed by atoms with Crippen molar-refractivity contribution in [2.75, 3.05) is 13.2 Å². The van der Waals surface area contributed by atoms with Crippen molar-refractivity contribution in [3.8, 4) is 0 Å². The van der Waals surface area contributed by atoms with Gasteiger partial charge in [-0.15, -0.1) is 0 Å². The molecule has 0 aliphatic rings. The van der Waals surface area contributed by atoms with E-state index in [0.29, 0.717) is 25.3 Å². The third-order valence-corrected chi connectivity index (χ3v) is 1.69. The van der Waals surface area contributed by atoms with E-state index in [-0.39, 0.29) is 6.61 Å². The number of ether oxygens (including phenoxy) is 1. The van der Waals surface area contributed by atoms with Gasteiger partial charge >= 0.3 is 5.97 Å². The smallest absolute Gasteiger partial charge is 0.358 e. The molecule has 1 rings (SSSR count). The van der Waals surface area contributed by atoms with Crippen molar-refractivity contribution in [2.24, 2.45) is 0 Å². The maximum absolute atomic E-state index is 11.2. The first-order chi connectivity index (χ1) is 6.77. The lowest BCUT2D eigenvalue weighted by Gasteiger charge is -1.98. The number of nitrogens with zero attached hydrogens (tertiary/aromatic N) is 2. The average molecular weight is 198 g/mol. The molecule has 78 valence electrons. The number of rotatable bonds is 5. The molecule has 0 aliphatic carbocycles. The lowest BCUT2D eigenvalue weighted by molar-refractivity contribution is 0.0520. The van der Waals surface area contributed by atoms with Crippen molar-refractivity contribution >= 4 is 5.97 Å². The number of carbonyl (C=O) groups is 1. The van der Waals surface area contributed by atoms with Crippen LogP contribution >= 0.6 is 0 Å². The van der Waals surface area contributed by atoms with Gasteiger partial charge in [-0.25, -0.2) is 9.78 Å². The SMILES string of the molecule is CCOC(=O)c1cn(CCCO)cn1. The largest absolute Gasteiger partial charge is 0.461 e. The second kappa shape index (κ2) is 5.39. The standard InChI is InChI=1S/C9H14N2O3/c1-2-14-9(13)8-6-11(7-10-8)4-3-5-12/h6-7,12H,2-5H2,1H3. The fourth-order valence-electron chi connectivity index (χ4n) is 1.05. The van der Waals surface area contributed by atoms with E-state index in [2.05, 4.69) is 4.98 Å². The molecule has 1 N–H and O–H groups in total. The third kappa shape index (κ3) is 2.85. The van der Waals surface area contributed by atoms with Crippen LogP contribution in [-0.2, 0) is 11.3 Å². The van der Waals surface area contributed by atoms with Gasteiger partial charge in [-0.2, -0.15) is 0 Å². The van der Waals surface area contributed by atoms with Crippen molar-refractivity contribution in [2.45, 2.75) is 19.9 Å². The van der Waals surface area contributed by atoms with Crippen molar-refractivity contribution in [3.05, 3.63) is 18.2 Å². The van der Waals surface area contributed by atoms with Gasteiger partial charge in [0.1, 0.15) is 0 Å². The molecule has 1 heterocycles. The van der Waals surface area contributed by atoms with Gasteiger partial charge in [-0.1, -0.05) is 0 Å². The van der Waals surface area contributed by atoms with Crippen LogP contribution in [0.25, 0.3) is 0 Å². The van der Waals surface area contributed by atoms with Crippen LogP contribution < -0.4 is 0 Å². The number of aliphatic hydroxyl groups is 1. The summed E-state index contributed by atoms with van der Waals surface area (Å²) in [6.07, 6.45) is 3.83. The van der Waals surface area contributed by atoms with Crippen LogP contribution in [0.2, 0.25) is 0 Å². The first-order valence-corrected chi connectivity index (χ1v) is 4.57. The molecule has 5 nitrogen and oxygen atoms in total. The second-order valence-corrected chi connectivity index (χ2v) is 2.79. The molecule has 0 unspecified atom stereocenters. The molecule has 0 atom stereocenters. The minimum atomic E-state index is -0.407. The Bertz CT molecular complexity index is 296. The number of aromatic nitrogens is 2. The van der Waals surface area contributed by atoms with E-state index in [9.17, 15) is 4.79 Å². The lowest BCUT2D eigenvalue weighted by Crippen LogP contribution is -2.05. The molecule has 14 heavy (non-hydrogen) atoms. The quantitative estimate of drug-likeness (QED) is 0.697. The molecule has 1 aromatic rings. The molecule has 1 aromatic heterocycles. The summed E-state index contributed by atoms with van der Waals surface area (Å²) in [6.45, 7) is 2.89. The first kappa shape index (κ1) is 10.7. The zero-order chi connectivity index (χ0) is 10.4. The van der Waals surface area contributed by atoms with E-state index in [1.54, 1.807) is 24.0 Å². The molecular weight excluding hydrogens is 184 g/mol. The summed E-state index contributed by atoms with van der Waals surface area (Å²) in [5.74, 6) is -0.407. The summed E-state index contributed by atoms with van der Waals surface area (Å²) in [4.78, 5) is 15.1. The topological polar surface area (TPSA) is 64.3 Å². The summed E-state index contributed by atoms with van der Waals surface area (Å²) in [7, 11) is 0. The molecule has 0 bridgehead atoms. The molecular formula is C9H14N2O3. The molecule has 0 saturated carbocycles. The monoisotopic (exact) mass is 198 g/mol. The number of carbonyl (C=O) groups excluding carboxylic acids is 1. The van der Waals surface area contributed by atoms with Crippen molar-refractivity contribution in [1.29, 1.82) is 0 Å². The van der Waals surface area contributed by atoms with E-state index < -0.39 is 5.97 Å². The predicted octanol–water partition coefficient (Wildman–Crippen LogP) is 0.442. The van der Waals surface area contributed by atoms with Crippen LogP contribution in [0.15, 0.2) is 12.5 Å².